The quantitative estimate of drug-likeness (QED) is 0.752. The molecule has 16 heavy (non-hydrogen) atoms. The fourth-order valence-electron chi connectivity index (χ4n) is 1.12. The Morgan fingerprint density at radius 2 is 2.38 bits per heavy atom. The van der Waals surface area contributed by atoms with Crippen LogP contribution < -0.4 is 5.73 Å². The van der Waals surface area contributed by atoms with Crippen LogP contribution in [0.5, 0.6) is 0 Å². The molecule has 2 heterocycles. The van der Waals surface area contributed by atoms with Gasteiger partial charge in [-0.15, -0.1) is 12.3 Å². The molecule has 0 saturated heterocycles. The molecule has 0 aromatic carbocycles. The highest BCUT2D eigenvalue weighted by Crippen LogP contribution is 2.15. The average Bonchev–Trinajstić information content (AvgIpc) is 2.80. The first-order chi connectivity index (χ1) is 7.81. The minimum absolute atomic E-state index is 0.304. The summed E-state index contributed by atoms with van der Waals surface area (Å²) in [4.78, 5) is 12.0. The second-order valence-electron chi connectivity index (χ2n) is 3.06. The lowest BCUT2D eigenvalue weighted by Gasteiger charge is -1.98. The van der Waals surface area contributed by atoms with Crippen molar-refractivity contribution in [2.45, 2.75) is 12.5 Å². The smallest absolute Gasteiger partial charge is 0.244 e. The SMILES string of the molecule is C#CCC(N)c1nc(-c2cnccn2)no1. The van der Waals surface area contributed by atoms with E-state index in [-0.39, 0.29) is 0 Å². The summed E-state index contributed by atoms with van der Waals surface area (Å²) in [7, 11) is 0. The molecule has 0 aliphatic heterocycles. The van der Waals surface area contributed by atoms with Gasteiger partial charge < -0.3 is 10.3 Å². The Hall–Kier alpha value is -2.26. The first-order valence-corrected chi connectivity index (χ1v) is 4.60. The van der Waals surface area contributed by atoms with Gasteiger partial charge in [0, 0.05) is 18.8 Å². The number of hydrogen-bond acceptors (Lipinski definition) is 6. The molecule has 0 spiro atoms. The molecule has 0 amide bonds. The van der Waals surface area contributed by atoms with Gasteiger partial charge in [-0.2, -0.15) is 4.98 Å². The minimum Gasteiger partial charge on any atom is -0.337 e. The molecule has 2 N–H and O–H groups in total. The van der Waals surface area contributed by atoms with Crippen LogP contribution in [-0.2, 0) is 0 Å². The molecule has 0 radical (unpaired) electrons. The van der Waals surface area contributed by atoms with Crippen LogP contribution in [0.25, 0.3) is 11.5 Å². The van der Waals surface area contributed by atoms with Crippen LogP contribution in [0.3, 0.4) is 0 Å². The first kappa shape index (κ1) is 10.3. The summed E-state index contributed by atoms with van der Waals surface area (Å²) in [6, 6.07) is -0.442. The third kappa shape index (κ3) is 2.04. The standard InChI is InChI=1S/C10H9N5O/c1-2-3-7(11)10-14-9(15-16-10)8-6-12-4-5-13-8/h1,4-7H,3,11H2. The molecule has 0 fully saturated rings. The largest absolute Gasteiger partial charge is 0.337 e. The molecule has 2 aromatic heterocycles. The van der Waals surface area contributed by atoms with E-state index in [0.29, 0.717) is 23.8 Å². The summed E-state index contributed by atoms with van der Waals surface area (Å²) < 4.78 is 4.98. The van der Waals surface area contributed by atoms with Gasteiger partial charge in [0.1, 0.15) is 5.69 Å². The molecule has 1 unspecified atom stereocenters. The number of rotatable bonds is 3. The molecule has 6 heteroatoms. The lowest BCUT2D eigenvalue weighted by molar-refractivity contribution is 0.356. The summed E-state index contributed by atoms with van der Waals surface area (Å²) in [5.74, 6) is 3.10. The Kier molecular flexibility index (Phi) is 2.89. The van der Waals surface area contributed by atoms with Crippen LogP contribution in [0.2, 0.25) is 0 Å². The monoisotopic (exact) mass is 215 g/mol. The van der Waals surface area contributed by atoms with E-state index in [9.17, 15) is 0 Å². The van der Waals surface area contributed by atoms with Crippen molar-refractivity contribution in [1.29, 1.82) is 0 Å². The van der Waals surface area contributed by atoms with E-state index < -0.39 is 6.04 Å². The van der Waals surface area contributed by atoms with Crippen molar-refractivity contribution in [1.82, 2.24) is 20.1 Å². The molecule has 1 atom stereocenters. The second kappa shape index (κ2) is 4.51. The topological polar surface area (TPSA) is 90.7 Å². The number of terminal acetylenes is 1. The molecule has 2 aromatic rings. The molecule has 80 valence electrons. The first-order valence-electron chi connectivity index (χ1n) is 4.60. The molecular formula is C10H9N5O. The Morgan fingerprint density at radius 1 is 1.50 bits per heavy atom. The molecule has 0 saturated carbocycles. The molecule has 0 aliphatic carbocycles. The van der Waals surface area contributed by atoms with Crippen LogP contribution in [-0.4, -0.2) is 20.1 Å². The second-order valence-corrected chi connectivity index (χ2v) is 3.06. The summed E-state index contributed by atoms with van der Waals surface area (Å²) in [6.45, 7) is 0. The Labute approximate surface area is 91.9 Å². The molecule has 0 aliphatic rings. The van der Waals surface area contributed by atoms with E-state index in [1.807, 2.05) is 0 Å². The van der Waals surface area contributed by atoms with E-state index in [2.05, 4.69) is 26.0 Å². The Balaban J connectivity index is 2.24. The van der Waals surface area contributed by atoms with Gasteiger partial charge in [-0.1, -0.05) is 5.16 Å². The third-order valence-corrected chi connectivity index (χ3v) is 1.89. The molecular weight excluding hydrogens is 206 g/mol. The summed E-state index contributed by atoms with van der Waals surface area (Å²) in [5.41, 5.74) is 6.25. The highest BCUT2D eigenvalue weighted by molar-refractivity contribution is 5.45. The van der Waals surface area contributed by atoms with Crippen molar-refractivity contribution < 1.29 is 4.52 Å². The van der Waals surface area contributed by atoms with Crippen molar-refractivity contribution in [3.63, 3.8) is 0 Å². The highest BCUT2D eigenvalue weighted by Gasteiger charge is 2.15. The van der Waals surface area contributed by atoms with Crippen LogP contribution >= 0.6 is 0 Å². The van der Waals surface area contributed by atoms with Gasteiger partial charge in [0.05, 0.1) is 12.2 Å². The molecule has 6 nitrogen and oxygen atoms in total. The van der Waals surface area contributed by atoms with Gasteiger partial charge in [-0.05, 0) is 0 Å². The summed E-state index contributed by atoms with van der Waals surface area (Å²) in [6.07, 6.45) is 10.1. The minimum atomic E-state index is -0.442. The predicted octanol–water partition coefficient (Wildman–Crippen LogP) is 0.550. The van der Waals surface area contributed by atoms with Gasteiger partial charge >= 0.3 is 0 Å². The fraction of sp³-hybridized carbons (Fsp3) is 0.200. The number of nitrogens with zero attached hydrogens (tertiary/aromatic N) is 4. The number of aromatic nitrogens is 4. The van der Waals surface area contributed by atoms with E-state index in [4.69, 9.17) is 16.7 Å². The van der Waals surface area contributed by atoms with Crippen LogP contribution in [0.4, 0.5) is 0 Å². The van der Waals surface area contributed by atoms with Crippen molar-refractivity contribution in [2.75, 3.05) is 0 Å². The third-order valence-electron chi connectivity index (χ3n) is 1.89. The maximum absolute atomic E-state index is 5.72. The van der Waals surface area contributed by atoms with E-state index in [1.165, 1.54) is 0 Å². The summed E-state index contributed by atoms with van der Waals surface area (Å²) >= 11 is 0. The van der Waals surface area contributed by atoms with Gasteiger partial charge in [-0.3, -0.25) is 4.98 Å². The molecule has 2 rings (SSSR count). The Morgan fingerprint density at radius 3 is 3.06 bits per heavy atom. The number of hydrogen-bond donors (Lipinski definition) is 1. The highest BCUT2D eigenvalue weighted by atomic mass is 16.5. The zero-order valence-electron chi connectivity index (χ0n) is 8.37. The van der Waals surface area contributed by atoms with Crippen LogP contribution in [0.1, 0.15) is 18.4 Å². The zero-order chi connectivity index (χ0) is 11.4. The van der Waals surface area contributed by atoms with Crippen molar-refractivity contribution in [3.05, 3.63) is 24.5 Å². The van der Waals surface area contributed by atoms with Gasteiger partial charge in [-0.25, -0.2) is 4.98 Å². The van der Waals surface area contributed by atoms with Gasteiger partial charge in [0.2, 0.25) is 11.7 Å². The maximum Gasteiger partial charge on any atom is 0.244 e. The summed E-state index contributed by atoms with van der Waals surface area (Å²) in [5, 5.41) is 3.75. The van der Waals surface area contributed by atoms with E-state index in [0.717, 1.165) is 0 Å². The van der Waals surface area contributed by atoms with Crippen molar-refractivity contribution in [3.8, 4) is 23.9 Å². The lowest BCUT2D eigenvalue weighted by atomic mass is 10.2. The van der Waals surface area contributed by atoms with Crippen LogP contribution in [0, 0.1) is 12.3 Å². The van der Waals surface area contributed by atoms with E-state index in [1.54, 1.807) is 18.6 Å². The molecule has 0 bridgehead atoms. The normalized spacial score (nSPS) is 12.0. The predicted molar refractivity (Wildman–Crippen MR) is 55.7 cm³/mol. The Bertz CT molecular complexity index is 501. The van der Waals surface area contributed by atoms with Crippen molar-refractivity contribution in [2.24, 2.45) is 5.73 Å². The van der Waals surface area contributed by atoms with Gasteiger partial charge in [0.25, 0.3) is 0 Å². The van der Waals surface area contributed by atoms with Crippen LogP contribution in [0.15, 0.2) is 23.1 Å². The number of nitrogens with two attached hydrogens (primary N) is 1. The lowest BCUT2D eigenvalue weighted by Crippen LogP contribution is -2.09. The maximum atomic E-state index is 5.72. The fourth-order valence-corrected chi connectivity index (χ4v) is 1.12. The average molecular weight is 215 g/mol. The van der Waals surface area contributed by atoms with E-state index >= 15 is 0 Å². The zero-order valence-corrected chi connectivity index (χ0v) is 8.37. The van der Waals surface area contributed by atoms with Gasteiger partial charge in [0.15, 0.2) is 0 Å². The van der Waals surface area contributed by atoms with Crippen molar-refractivity contribution >= 4 is 0 Å².